The molecule has 5 rings (SSSR count). The molecule has 160 valence electrons. The maximum atomic E-state index is 13.9. The average Bonchev–Trinajstić information content (AvgIpc) is 3.46. The number of ether oxygens (including phenoxy) is 1. The van der Waals surface area contributed by atoms with Crippen molar-refractivity contribution >= 4 is 22.4 Å². The Labute approximate surface area is 180 Å². The van der Waals surface area contributed by atoms with Crippen molar-refractivity contribution in [3.63, 3.8) is 0 Å². The van der Waals surface area contributed by atoms with Crippen molar-refractivity contribution in [3.8, 4) is 34.3 Å². The summed E-state index contributed by atoms with van der Waals surface area (Å²) in [5, 5.41) is 21.5. The Bertz CT molecular complexity index is 1290. The van der Waals surface area contributed by atoms with Crippen LogP contribution in [0.5, 0.6) is 5.88 Å². The summed E-state index contributed by atoms with van der Waals surface area (Å²) >= 11 is 1.37. The van der Waals surface area contributed by atoms with E-state index >= 15 is 0 Å². The molecule has 7 nitrogen and oxygen atoms in total. The molecule has 0 aromatic carbocycles. The van der Waals surface area contributed by atoms with E-state index in [9.17, 15) is 14.0 Å². The molecule has 4 aromatic heterocycles. The SMILES string of the molecule is CO.Cc1cc(-c2c(-c3c(C(F)F)nn4c3OCCC4)[nH]c3ncccc23)c(C#N)s1. The van der Waals surface area contributed by atoms with Gasteiger partial charge in [-0.3, -0.25) is 0 Å². The van der Waals surface area contributed by atoms with Crippen LogP contribution >= 0.6 is 11.3 Å². The summed E-state index contributed by atoms with van der Waals surface area (Å²) in [6, 6.07) is 7.78. The summed E-state index contributed by atoms with van der Waals surface area (Å²) in [5.41, 5.74) is 2.27. The third-order valence-corrected chi connectivity index (χ3v) is 5.89. The van der Waals surface area contributed by atoms with Crippen LogP contribution in [0.2, 0.25) is 0 Å². The second-order valence-corrected chi connectivity index (χ2v) is 8.03. The number of nitriles is 1. The molecule has 0 amide bonds. The quantitative estimate of drug-likeness (QED) is 0.480. The highest BCUT2D eigenvalue weighted by Crippen LogP contribution is 2.47. The van der Waals surface area contributed by atoms with Crippen molar-refractivity contribution in [2.24, 2.45) is 0 Å². The van der Waals surface area contributed by atoms with E-state index < -0.39 is 6.43 Å². The van der Waals surface area contributed by atoms with Crippen LogP contribution in [0.4, 0.5) is 8.78 Å². The number of rotatable bonds is 3. The zero-order valence-corrected chi connectivity index (χ0v) is 17.6. The number of halogens is 2. The van der Waals surface area contributed by atoms with Gasteiger partial charge in [0.25, 0.3) is 6.43 Å². The van der Waals surface area contributed by atoms with Gasteiger partial charge in [-0.1, -0.05) is 0 Å². The van der Waals surface area contributed by atoms with Crippen molar-refractivity contribution in [2.45, 2.75) is 26.3 Å². The first kappa shape index (κ1) is 21.0. The van der Waals surface area contributed by atoms with Gasteiger partial charge in [0.05, 0.1) is 17.9 Å². The Morgan fingerprint density at radius 1 is 1.35 bits per heavy atom. The second-order valence-electron chi connectivity index (χ2n) is 6.78. The molecule has 4 aromatic rings. The van der Waals surface area contributed by atoms with Crippen molar-refractivity contribution in [2.75, 3.05) is 13.7 Å². The Hall–Kier alpha value is -3.29. The minimum absolute atomic E-state index is 0.237. The zero-order chi connectivity index (χ0) is 22.1. The number of pyridine rings is 1. The summed E-state index contributed by atoms with van der Waals surface area (Å²) in [7, 11) is 1.00. The van der Waals surface area contributed by atoms with E-state index in [1.165, 1.54) is 16.0 Å². The maximum Gasteiger partial charge on any atom is 0.282 e. The number of nitrogens with zero attached hydrogens (tertiary/aromatic N) is 4. The number of aliphatic hydroxyl groups excluding tert-OH is 1. The van der Waals surface area contributed by atoms with Crippen LogP contribution < -0.4 is 4.74 Å². The van der Waals surface area contributed by atoms with Crippen LogP contribution in [0.3, 0.4) is 0 Å². The van der Waals surface area contributed by atoms with Gasteiger partial charge in [-0.05, 0) is 25.1 Å². The molecule has 0 saturated carbocycles. The lowest BCUT2D eigenvalue weighted by Gasteiger charge is -2.16. The van der Waals surface area contributed by atoms with E-state index in [2.05, 4.69) is 21.1 Å². The molecule has 0 fully saturated rings. The minimum Gasteiger partial charge on any atom is -0.477 e. The van der Waals surface area contributed by atoms with E-state index in [1.807, 2.05) is 19.1 Å². The number of aliphatic hydroxyl groups is 1. The number of nitrogens with one attached hydrogen (secondary N) is 1. The Morgan fingerprint density at radius 3 is 2.90 bits per heavy atom. The fraction of sp³-hybridized carbons (Fsp3) is 0.286. The molecule has 0 aliphatic carbocycles. The maximum absolute atomic E-state index is 13.9. The van der Waals surface area contributed by atoms with Crippen LogP contribution in [-0.2, 0) is 6.54 Å². The monoisotopic (exact) mass is 443 g/mol. The average molecular weight is 443 g/mol. The number of aromatic amines is 1. The molecule has 0 spiro atoms. The molecule has 1 aliphatic rings. The van der Waals surface area contributed by atoms with Gasteiger partial charge < -0.3 is 14.8 Å². The number of aromatic nitrogens is 4. The Morgan fingerprint density at radius 2 is 2.16 bits per heavy atom. The third-order valence-electron chi connectivity index (χ3n) is 4.94. The van der Waals surface area contributed by atoms with Crippen molar-refractivity contribution in [1.82, 2.24) is 19.7 Å². The summed E-state index contributed by atoms with van der Waals surface area (Å²) in [6.07, 6.45) is -0.423. The number of hydrogen-bond acceptors (Lipinski definition) is 6. The number of hydrogen-bond donors (Lipinski definition) is 2. The molecule has 0 atom stereocenters. The van der Waals surface area contributed by atoms with Gasteiger partial charge in [0.2, 0.25) is 5.88 Å². The fourth-order valence-electron chi connectivity index (χ4n) is 3.81. The molecular formula is C21H19F2N5O2S. The van der Waals surface area contributed by atoms with Crippen molar-refractivity contribution in [1.29, 1.82) is 5.26 Å². The van der Waals surface area contributed by atoms with Gasteiger partial charge in [0, 0.05) is 47.7 Å². The minimum atomic E-state index is -2.77. The molecule has 0 bridgehead atoms. The first-order valence-corrected chi connectivity index (χ1v) is 10.3. The highest BCUT2D eigenvalue weighted by Gasteiger charge is 2.32. The third kappa shape index (κ3) is 3.45. The van der Waals surface area contributed by atoms with E-state index in [-0.39, 0.29) is 11.3 Å². The number of H-pyrrole nitrogens is 1. The topological polar surface area (TPSA) is 99.8 Å². The largest absolute Gasteiger partial charge is 0.477 e. The fourth-order valence-corrected chi connectivity index (χ4v) is 4.62. The van der Waals surface area contributed by atoms with Gasteiger partial charge in [0.1, 0.15) is 22.3 Å². The van der Waals surface area contributed by atoms with Crippen molar-refractivity contribution < 1.29 is 18.6 Å². The molecule has 31 heavy (non-hydrogen) atoms. The molecule has 0 saturated heterocycles. The lowest BCUT2D eigenvalue weighted by Crippen LogP contribution is -2.15. The van der Waals surface area contributed by atoms with Crippen LogP contribution in [0.25, 0.3) is 33.4 Å². The van der Waals surface area contributed by atoms with Gasteiger partial charge in [-0.2, -0.15) is 10.4 Å². The van der Waals surface area contributed by atoms with Crippen LogP contribution in [0.15, 0.2) is 24.4 Å². The lowest BCUT2D eigenvalue weighted by atomic mass is 9.99. The van der Waals surface area contributed by atoms with E-state index in [1.54, 1.807) is 12.3 Å². The van der Waals surface area contributed by atoms with Crippen LogP contribution in [0.1, 0.15) is 28.3 Å². The Balaban J connectivity index is 0.00000112. The van der Waals surface area contributed by atoms with E-state index in [0.29, 0.717) is 52.8 Å². The summed E-state index contributed by atoms with van der Waals surface area (Å²) in [4.78, 5) is 9.03. The van der Waals surface area contributed by atoms with E-state index in [0.717, 1.165) is 17.4 Å². The van der Waals surface area contributed by atoms with Gasteiger partial charge in [0.15, 0.2) is 0 Å². The summed E-state index contributed by atoms with van der Waals surface area (Å²) in [6.45, 7) is 2.87. The van der Waals surface area contributed by atoms with Gasteiger partial charge >= 0.3 is 0 Å². The second kappa shape index (κ2) is 8.45. The standard InChI is InChI=1S/C20H15F2N5OS.CH4O/c1-10-8-12(13(9-23)29-10)14-11-4-2-5-24-19(11)25-16(14)15-17(18(21)22)26-27-6-3-7-28-20(15)27;1-2/h2,4-5,8,18H,3,6-7H2,1H3,(H,24,25);2H,1H3. The molecule has 0 unspecified atom stereocenters. The normalized spacial score (nSPS) is 12.8. The zero-order valence-electron chi connectivity index (χ0n) is 16.8. The first-order chi connectivity index (χ1) is 15.1. The first-order valence-electron chi connectivity index (χ1n) is 9.52. The molecular weight excluding hydrogens is 424 g/mol. The predicted octanol–water partition coefficient (Wildman–Crippen LogP) is 4.66. The lowest BCUT2D eigenvalue weighted by molar-refractivity contribution is 0.145. The smallest absolute Gasteiger partial charge is 0.282 e. The number of alkyl halides is 2. The van der Waals surface area contributed by atoms with Crippen molar-refractivity contribution in [3.05, 3.63) is 39.8 Å². The van der Waals surface area contributed by atoms with Crippen LogP contribution in [0, 0.1) is 18.3 Å². The molecule has 1 aliphatic heterocycles. The number of aryl methyl sites for hydroxylation is 2. The van der Waals surface area contributed by atoms with Gasteiger partial charge in [-0.25, -0.2) is 18.4 Å². The molecule has 0 radical (unpaired) electrons. The Kier molecular flexibility index (Phi) is 5.71. The summed E-state index contributed by atoms with van der Waals surface area (Å²) in [5.74, 6) is 0.324. The number of thiophene rings is 1. The highest BCUT2D eigenvalue weighted by molar-refractivity contribution is 7.13. The molecule has 5 heterocycles. The number of fused-ring (bicyclic) bond motifs is 2. The summed E-state index contributed by atoms with van der Waals surface area (Å²) < 4.78 is 35.1. The van der Waals surface area contributed by atoms with E-state index in [4.69, 9.17) is 9.84 Å². The molecule has 10 heteroatoms. The predicted molar refractivity (Wildman–Crippen MR) is 113 cm³/mol. The van der Waals surface area contributed by atoms with Crippen LogP contribution in [-0.4, -0.2) is 38.6 Å². The highest BCUT2D eigenvalue weighted by atomic mass is 32.1. The van der Waals surface area contributed by atoms with Gasteiger partial charge in [-0.15, -0.1) is 11.3 Å². The molecule has 2 N–H and O–H groups in total.